The molecule has 0 saturated heterocycles. The van der Waals surface area contributed by atoms with Gasteiger partial charge in [-0.15, -0.1) is 0 Å². The molecule has 2 N–H and O–H groups in total. The van der Waals surface area contributed by atoms with E-state index in [2.05, 4.69) is 18.9 Å². The summed E-state index contributed by atoms with van der Waals surface area (Å²) in [6.45, 7) is 4.37. The lowest BCUT2D eigenvalue weighted by Gasteiger charge is -2.03. The second kappa shape index (κ2) is 2.95. The number of rotatable bonds is 2. The van der Waals surface area contributed by atoms with Crippen molar-refractivity contribution in [1.82, 2.24) is 9.78 Å². The number of hydrogen-bond donors (Lipinski definition) is 1. The lowest BCUT2D eigenvalue weighted by Crippen LogP contribution is -2.02. The molecule has 1 rings (SSSR count). The first-order chi connectivity index (χ1) is 5.09. The monoisotopic (exact) mass is 153 g/mol. The van der Waals surface area contributed by atoms with Crippen LogP contribution in [0.4, 0.5) is 5.82 Å². The predicted molar refractivity (Wildman–Crippen MR) is 46.2 cm³/mol. The number of aromatic nitrogens is 2. The molecule has 1 heterocycles. The van der Waals surface area contributed by atoms with Crippen molar-refractivity contribution in [3.8, 4) is 0 Å². The van der Waals surface area contributed by atoms with Crippen molar-refractivity contribution in [2.45, 2.75) is 20.3 Å². The van der Waals surface area contributed by atoms with E-state index in [4.69, 9.17) is 5.73 Å². The third kappa shape index (κ3) is 1.97. The average Bonchev–Trinajstić information content (AvgIpc) is 2.09. The van der Waals surface area contributed by atoms with Crippen molar-refractivity contribution in [3.63, 3.8) is 0 Å². The van der Waals surface area contributed by atoms with E-state index >= 15 is 0 Å². The van der Waals surface area contributed by atoms with Gasteiger partial charge in [-0.05, 0) is 12.3 Å². The van der Waals surface area contributed by atoms with E-state index in [-0.39, 0.29) is 0 Å². The van der Waals surface area contributed by atoms with E-state index in [1.165, 1.54) is 5.69 Å². The fourth-order valence-corrected chi connectivity index (χ4v) is 1.14. The molecule has 0 aliphatic heterocycles. The highest BCUT2D eigenvalue weighted by Gasteiger charge is 2.03. The van der Waals surface area contributed by atoms with Gasteiger partial charge in [0, 0.05) is 18.8 Å². The molecule has 3 heteroatoms. The van der Waals surface area contributed by atoms with Gasteiger partial charge in [-0.25, -0.2) is 0 Å². The SMILES string of the molecule is CC(C)Cc1cc(N)nn1C. The van der Waals surface area contributed by atoms with Gasteiger partial charge in [-0.2, -0.15) is 5.10 Å². The van der Waals surface area contributed by atoms with Crippen LogP contribution < -0.4 is 5.73 Å². The lowest BCUT2D eigenvalue weighted by molar-refractivity contribution is 0.596. The highest BCUT2D eigenvalue weighted by Crippen LogP contribution is 2.09. The molecular weight excluding hydrogens is 138 g/mol. The van der Waals surface area contributed by atoms with E-state index in [0.29, 0.717) is 11.7 Å². The van der Waals surface area contributed by atoms with Crippen LogP contribution in [0, 0.1) is 5.92 Å². The van der Waals surface area contributed by atoms with Crippen molar-refractivity contribution < 1.29 is 0 Å². The third-order valence-corrected chi connectivity index (χ3v) is 1.61. The van der Waals surface area contributed by atoms with Gasteiger partial charge in [0.25, 0.3) is 0 Å². The minimum atomic E-state index is 0.614. The Morgan fingerprint density at radius 1 is 1.64 bits per heavy atom. The van der Waals surface area contributed by atoms with E-state index in [1.54, 1.807) is 0 Å². The van der Waals surface area contributed by atoms with Gasteiger partial charge < -0.3 is 5.73 Å². The number of nitrogen functional groups attached to an aromatic ring is 1. The van der Waals surface area contributed by atoms with Crippen LogP contribution in [-0.2, 0) is 13.5 Å². The molecule has 0 aromatic carbocycles. The average molecular weight is 153 g/mol. The zero-order valence-corrected chi connectivity index (χ0v) is 7.33. The molecule has 0 fully saturated rings. The summed E-state index contributed by atoms with van der Waals surface area (Å²) in [5, 5.41) is 4.06. The van der Waals surface area contributed by atoms with Crippen molar-refractivity contribution in [1.29, 1.82) is 0 Å². The Kier molecular flexibility index (Phi) is 2.17. The minimum absolute atomic E-state index is 0.614. The number of anilines is 1. The summed E-state index contributed by atoms with van der Waals surface area (Å²) >= 11 is 0. The molecule has 0 aliphatic carbocycles. The zero-order valence-electron chi connectivity index (χ0n) is 7.33. The fourth-order valence-electron chi connectivity index (χ4n) is 1.14. The fraction of sp³-hybridized carbons (Fsp3) is 0.625. The maximum absolute atomic E-state index is 5.52. The van der Waals surface area contributed by atoms with Gasteiger partial charge in [0.2, 0.25) is 0 Å². The molecule has 1 aromatic rings. The topological polar surface area (TPSA) is 43.8 Å². The van der Waals surface area contributed by atoms with Gasteiger partial charge in [0.15, 0.2) is 0 Å². The second-order valence-corrected chi connectivity index (χ2v) is 3.28. The first kappa shape index (κ1) is 8.11. The Morgan fingerprint density at radius 2 is 2.27 bits per heavy atom. The Balaban J connectivity index is 2.77. The molecule has 0 amide bonds. The van der Waals surface area contributed by atoms with Gasteiger partial charge in [0.05, 0.1) is 0 Å². The second-order valence-electron chi connectivity index (χ2n) is 3.28. The van der Waals surface area contributed by atoms with Crippen molar-refractivity contribution in [3.05, 3.63) is 11.8 Å². The number of hydrogen-bond acceptors (Lipinski definition) is 2. The molecule has 0 aliphatic rings. The van der Waals surface area contributed by atoms with Crippen LogP contribution in [0.3, 0.4) is 0 Å². The normalized spacial score (nSPS) is 10.9. The Bertz CT molecular complexity index is 237. The van der Waals surface area contributed by atoms with Crippen molar-refractivity contribution in [2.75, 3.05) is 5.73 Å². The molecule has 1 aromatic heterocycles. The molecule has 0 radical (unpaired) electrons. The number of aryl methyl sites for hydroxylation is 1. The molecule has 3 nitrogen and oxygen atoms in total. The Labute approximate surface area is 67.2 Å². The third-order valence-electron chi connectivity index (χ3n) is 1.61. The van der Waals surface area contributed by atoms with Crippen LogP contribution in [0.1, 0.15) is 19.5 Å². The molecule has 11 heavy (non-hydrogen) atoms. The minimum Gasteiger partial charge on any atom is -0.382 e. The van der Waals surface area contributed by atoms with Crippen LogP contribution in [0.5, 0.6) is 0 Å². The van der Waals surface area contributed by atoms with Gasteiger partial charge in [0.1, 0.15) is 5.82 Å². The summed E-state index contributed by atoms with van der Waals surface area (Å²) in [7, 11) is 1.92. The molecular formula is C8H15N3. The summed E-state index contributed by atoms with van der Waals surface area (Å²) in [6.07, 6.45) is 1.04. The first-order valence-electron chi connectivity index (χ1n) is 3.88. The summed E-state index contributed by atoms with van der Waals surface area (Å²) in [4.78, 5) is 0. The lowest BCUT2D eigenvalue weighted by atomic mass is 10.1. The summed E-state index contributed by atoms with van der Waals surface area (Å²) in [5.41, 5.74) is 6.73. The first-order valence-corrected chi connectivity index (χ1v) is 3.88. The van der Waals surface area contributed by atoms with E-state index in [9.17, 15) is 0 Å². The highest BCUT2D eigenvalue weighted by molar-refractivity contribution is 5.29. The van der Waals surface area contributed by atoms with E-state index in [1.807, 2.05) is 17.8 Å². The molecule has 62 valence electrons. The zero-order chi connectivity index (χ0) is 8.43. The Morgan fingerprint density at radius 3 is 2.64 bits per heavy atom. The molecule has 0 spiro atoms. The maximum atomic E-state index is 5.52. The van der Waals surface area contributed by atoms with Gasteiger partial charge in [-0.3, -0.25) is 4.68 Å². The van der Waals surface area contributed by atoms with Crippen LogP contribution in [0.2, 0.25) is 0 Å². The van der Waals surface area contributed by atoms with Gasteiger partial charge >= 0.3 is 0 Å². The summed E-state index contributed by atoms with van der Waals surface area (Å²) < 4.78 is 1.84. The van der Waals surface area contributed by atoms with E-state index < -0.39 is 0 Å². The molecule has 0 bridgehead atoms. The Hall–Kier alpha value is -0.990. The van der Waals surface area contributed by atoms with Crippen LogP contribution in [-0.4, -0.2) is 9.78 Å². The predicted octanol–water partition coefficient (Wildman–Crippen LogP) is 1.20. The summed E-state index contributed by atoms with van der Waals surface area (Å²) in [5.74, 6) is 1.27. The number of nitrogens with two attached hydrogens (primary N) is 1. The molecule has 0 saturated carbocycles. The van der Waals surface area contributed by atoms with Gasteiger partial charge in [-0.1, -0.05) is 13.8 Å². The summed E-state index contributed by atoms with van der Waals surface area (Å²) in [6, 6.07) is 1.93. The molecule has 0 unspecified atom stereocenters. The van der Waals surface area contributed by atoms with E-state index in [0.717, 1.165) is 6.42 Å². The van der Waals surface area contributed by atoms with Crippen molar-refractivity contribution in [2.24, 2.45) is 13.0 Å². The van der Waals surface area contributed by atoms with Crippen LogP contribution in [0.15, 0.2) is 6.07 Å². The van der Waals surface area contributed by atoms with Crippen LogP contribution in [0.25, 0.3) is 0 Å². The van der Waals surface area contributed by atoms with Crippen LogP contribution >= 0.6 is 0 Å². The quantitative estimate of drug-likeness (QED) is 0.693. The standard InChI is InChI=1S/C8H15N3/c1-6(2)4-7-5-8(9)10-11(7)3/h5-6H,4H2,1-3H3,(H2,9,10). The smallest absolute Gasteiger partial charge is 0.145 e. The highest BCUT2D eigenvalue weighted by atomic mass is 15.3. The molecule has 0 atom stereocenters. The maximum Gasteiger partial charge on any atom is 0.145 e. The number of nitrogens with zero attached hydrogens (tertiary/aromatic N) is 2. The van der Waals surface area contributed by atoms with Crippen molar-refractivity contribution >= 4 is 5.82 Å². The largest absolute Gasteiger partial charge is 0.382 e.